The van der Waals surface area contributed by atoms with Crippen LogP contribution in [0.15, 0.2) is 144 Å². The van der Waals surface area contributed by atoms with Crippen LogP contribution in [0.4, 0.5) is 5.69 Å². The van der Waals surface area contributed by atoms with Crippen LogP contribution in [0.25, 0.3) is 70.6 Å². The van der Waals surface area contributed by atoms with E-state index in [-0.39, 0.29) is 104 Å². The van der Waals surface area contributed by atoms with Crippen LogP contribution in [0, 0.1) is 11.3 Å². The van der Waals surface area contributed by atoms with E-state index >= 15 is 0 Å². The molecular formula is C84H90Br5Cl7N12O12S8. The number of nitriles is 1. The number of hydroxylamine groups is 2. The highest BCUT2D eigenvalue weighted by atomic mass is 79.9. The van der Waals surface area contributed by atoms with Crippen LogP contribution in [0.2, 0.25) is 35.2 Å². The average Bonchev–Trinajstić information content (AvgIpc) is 1.69. The van der Waals surface area contributed by atoms with Gasteiger partial charge in [-0.3, -0.25) is 29.4 Å². The van der Waals surface area contributed by atoms with Gasteiger partial charge in [0, 0.05) is 120 Å². The van der Waals surface area contributed by atoms with Gasteiger partial charge in [0.2, 0.25) is 0 Å². The molecule has 24 nitrogen and oxygen atoms in total. The van der Waals surface area contributed by atoms with Crippen LogP contribution in [0.3, 0.4) is 0 Å². The number of rotatable bonds is 12. The number of pyridine rings is 8. The van der Waals surface area contributed by atoms with Crippen LogP contribution in [-0.2, 0) is 30.0 Å². The summed E-state index contributed by atoms with van der Waals surface area (Å²) >= 11 is 68.1. The maximum Gasteiger partial charge on any atom is 0.350 e. The summed E-state index contributed by atoms with van der Waals surface area (Å²) in [7, 11) is 1.67. The number of esters is 3. The summed E-state index contributed by atoms with van der Waals surface area (Å²) in [5.74, 6) is -2.42. The molecular weight excluding hydrogens is 2270 g/mol. The Kier molecular flexibility index (Phi) is 53.6. The molecule has 0 aliphatic rings. The lowest BCUT2D eigenvalue weighted by Crippen LogP contribution is -2.24. The molecule has 128 heavy (non-hydrogen) atoms. The van der Waals surface area contributed by atoms with Crippen molar-refractivity contribution >= 4 is 369 Å². The van der Waals surface area contributed by atoms with Crippen LogP contribution < -0.4 is 5.73 Å². The summed E-state index contributed by atoms with van der Waals surface area (Å²) in [6, 6.07) is 16.0. The number of fused-ring (bicyclic) bond motifs is 7. The lowest BCUT2D eigenvalue weighted by molar-refractivity contribution is -0.0753. The van der Waals surface area contributed by atoms with Crippen LogP contribution in [0.1, 0.15) is 183 Å². The molecule has 44 heteroatoms. The third kappa shape index (κ3) is 30.2. The van der Waals surface area contributed by atoms with E-state index in [1.54, 1.807) is 113 Å². The minimum absolute atomic E-state index is 0. The Morgan fingerprint density at radius 1 is 0.469 bits per heavy atom. The standard InChI is InChI=1S/C13H14BrClN2OS2.C10H8BrClN2O2S.C10H7BrClNO2S.C10H8ClNO2S.C10H10N2O2S.C9H5BrClNOS.C8H3BrClNO2S.C6H3ClN2.8CH4/c1-7(17-20(18)13(2,3)4)10-9(15)8-5-6-16-12(14)11(8)19-10;1-14(16-2)10(15)8-6(12)5-3-4-13-9(11)7(5)17-8;1-2-15-10(14)8-6(12)5-3-4-13-9(11)7(5)16-8;2*1-2-14-10(13)9-8(11)6-3-4-12-5-7(6)15-9;1-4(13)7-6(11)5-2-3-12-9(10)8(5)14-7;9-7-5-3(1-2-11-7)4(10)6(14-5)8(12)13;7-6-4-9-2-1-5(6)3-8;;;;;;;;/h5-6H,1-4H3;3-4H,1-2H3;3-4H,2H2,1H3;3-5H,2H2,1H3;3-5H,2,11H2,1H3;2-3H,1H3;1-2H,(H,12,13);1-2,4H;8*1H4/t20-;;;;;;;;;;;;;;;/m1.............../s1. The fraction of sp³-hybridized carbons (Fsp3) is 0.262. The second-order valence-electron chi connectivity index (χ2n) is 24.0. The van der Waals surface area contributed by atoms with E-state index in [2.05, 4.69) is 124 Å². The summed E-state index contributed by atoms with van der Waals surface area (Å²) in [5.41, 5.74) is 7.49. The number of amides is 1. The van der Waals surface area contributed by atoms with Gasteiger partial charge < -0.3 is 25.1 Å². The second-order valence-corrected chi connectivity index (χ2v) is 39.5. The van der Waals surface area contributed by atoms with Crippen LogP contribution in [0.5, 0.6) is 0 Å². The molecule has 0 aromatic carbocycles. The number of aromatic nitrogens is 8. The summed E-state index contributed by atoms with van der Waals surface area (Å²) in [4.78, 5) is 109. The molecule has 3 N–H and O–H groups in total. The number of aromatic carboxylic acids is 1. The van der Waals surface area contributed by atoms with Crippen molar-refractivity contribution in [2.45, 2.75) is 120 Å². The molecule has 15 heterocycles. The first-order chi connectivity index (χ1) is 57.0. The maximum absolute atomic E-state index is 12.1. The van der Waals surface area contributed by atoms with Gasteiger partial charge in [0.25, 0.3) is 5.91 Å². The van der Waals surface area contributed by atoms with Gasteiger partial charge >= 0.3 is 23.9 Å². The molecule has 0 aliphatic heterocycles. The van der Waals surface area contributed by atoms with Gasteiger partial charge in [0.15, 0.2) is 5.78 Å². The number of Topliss-reactive ketones (excluding diaryl/α,β-unsaturated/α-hetero) is 1. The first kappa shape index (κ1) is 121. The zero-order valence-electron chi connectivity index (χ0n) is 63.3. The zero-order valence-corrected chi connectivity index (χ0v) is 83.1. The molecule has 0 saturated heterocycles. The van der Waals surface area contributed by atoms with Crippen molar-refractivity contribution in [2.24, 2.45) is 4.40 Å². The van der Waals surface area contributed by atoms with E-state index in [0.717, 1.165) is 101 Å². The number of hydrogen-bond acceptors (Lipinski definition) is 28. The molecule has 15 rings (SSSR count). The molecule has 0 aliphatic carbocycles. The molecule has 0 saturated carbocycles. The number of hydrogen-bond donors (Lipinski definition) is 2. The van der Waals surface area contributed by atoms with Gasteiger partial charge in [0.1, 0.15) is 64.5 Å². The monoisotopic (exact) mass is 2350 g/mol. The fourth-order valence-corrected chi connectivity index (χ4v) is 22.5. The Hall–Kier alpha value is -6.56. The zero-order chi connectivity index (χ0) is 88.3. The third-order valence-electron chi connectivity index (χ3n) is 15.1. The predicted octanol–water partition coefficient (Wildman–Crippen LogP) is 31.4. The number of nitrogens with two attached hydrogens (primary N) is 1. The Labute approximate surface area is 850 Å². The smallest absolute Gasteiger partial charge is 0.350 e. The van der Waals surface area contributed by atoms with E-state index in [1.807, 2.05) is 45.9 Å². The topological polar surface area (TPSA) is 345 Å². The lowest BCUT2D eigenvalue weighted by atomic mass is 10.2. The highest BCUT2D eigenvalue weighted by Crippen LogP contribution is 2.44. The molecule has 1 atom stereocenters. The minimum atomic E-state index is -1.29. The summed E-state index contributed by atoms with van der Waals surface area (Å²) in [6.07, 6.45) is 17.9. The van der Waals surface area contributed by atoms with Crippen LogP contribution in [-0.4, -0.2) is 134 Å². The number of carboxylic acid groups (broad SMARTS) is 1. The quantitative estimate of drug-likeness (QED) is 0.0286. The van der Waals surface area contributed by atoms with Crippen molar-refractivity contribution < 1.29 is 57.1 Å². The molecule has 0 bridgehead atoms. The van der Waals surface area contributed by atoms with Crippen molar-refractivity contribution in [1.82, 2.24) is 44.9 Å². The van der Waals surface area contributed by atoms with Crippen molar-refractivity contribution in [3.05, 3.63) is 215 Å². The van der Waals surface area contributed by atoms with Gasteiger partial charge in [-0.2, -0.15) is 9.66 Å². The summed E-state index contributed by atoms with van der Waals surface area (Å²) in [5, 5.41) is 27.4. The van der Waals surface area contributed by atoms with E-state index in [1.165, 1.54) is 101 Å². The molecule has 0 spiro atoms. The Balaban J connectivity index is 0.00000144. The van der Waals surface area contributed by atoms with Crippen molar-refractivity contribution in [1.29, 1.82) is 5.26 Å². The SMILES string of the molecule is C.C.C.C.C.C.C.C.CC(=N[S@](=O)C(C)(C)C)c1sc2c(Br)nccc2c1Cl.CC(=O)c1sc2c(Br)nccc2c1Cl.CCOC(=O)c1sc2c(Br)nccc2c1Cl.CCOC(=O)c1sc2cnccc2c1Cl.CCOC(=O)c1sc2cnccc2c1N.CON(C)C(=O)c1sc2c(Br)nccc2c1Cl.N#Cc1ccncc1Cl.O=C(O)c1sc2c(Br)nccc2c1Cl. The fourth-order valence-electron chi connectivity index (χ4n) is 9.43. The van der Waals surface area contributed by atoms with Crippen molar-refractivity contribution in [2.75, 3.05) is 39.7 Å². The summed E-state index contributed by atoms with van der Waals surface area (Å²) in [6.45, 7) is 15.4. The lowest BCUT2D eigenvalue weighted by Gasteiger charge is -2.13. The molecule has 0 unspecified atom stereocenters. The number of ketones is 1. The van der Waals surface area contributed by atoms with Crippen molar-refractivity contribution in [3.8, 4) is 6.07 Å². The number of nitrogen functional groups attached to an aromatic ring is 1. The molecule has 0 radical (unpaired) electrons. The predicted molar refractivity (Wildman–Crippen MR) is 562 cm³/mol. The van der Waals surface area contributed by atoms with E-state index in [9.17, 15) is 33.0 Å². The minimum Gasteiger partial charge on any atom is -0.477 e. The maximum atomic E-state index is 12.1. The number of anilines is 1. The second kappa shape index (κ2) is 56.5. The van der Waals surface area contributed by atoms with E-state index in [0.29, 0.717) is 105 Å². The number of carbonyl (C=O) groups excluding carboxylic acids is 5. The number of carboxylic acids is 1. The van der Waals surface area contributed by atoms with Gasteiger partial charge in [-0.25, -0.2) is 53.4 Å². The number of thiophene rings is 7. The van der Waals surface area contributed by atoms with Crippen molar-refractivity contribution in [3.63, 3.8) is 0 Å². The van der Waals surface area contributed by atoms with Gasteiger partial charge in [-0.15, -0.1) is 79.4 Å². The van der Waals surface area contributed by atoms with E-state index in [4.69, 9.17) is 116 Å². The highest BCUT2D eigenvalue weighted by Gasteiger charge is 2.26. The Morgan fingerprint density at radius 3 is 1.12 bits per heavy atom. The molecule has 0 fully saturated rings. The van der Waals surface area contributed by atoms with Gasteiger partial charge in [-0.1, -0.05) is 141 Å². The summed E-state index contributed by atoms with van der Waals surface area (Å²) < 4.78 is 40.4. The normalized spacial score (nSPS) is 10.5. The molecule has 690 valence electrons. The van der Waals surface area contributed by atoms with Gasteiger partial charge in [-0.05, 0) is 177 Å². The molecule has 1 amide bonds. The Morgan fingerprint density at radius 2 is 0.773 bits per heavy atom. The first-order valence-corrected chi connectivity index (χ1v) is 47.2. The largest absolute Gasteiger partial charge is 0.477 e. The number of carbonyl (C=O) groups is 6. The Bertz CT molecular complexity index is 6270. The molecule has 15 aromatic rings. The number of nitrogens with zero attached hydrogens (tertiary/aromatic N) is 11. The van der Waals surface area contributed by atoms with Crippen LogP contribution >= 0.6 is 240 Å². The average molecular weight is 2360 g/mol. The van der Waals surface area contributed by atoms with E-state index < -0.39 is 17.0 Å². The molecule has 15 aromatic heterocycles. The first-order valence-electron chi connectivity index (χ1n) is 33.8. The highest BCUT2D eigenvalue weighted by molar-refractivity contribution is 9.11. The van der Waals surface area contributed by atoms with Gasteiger partial charge in [0.05, 0.1) is 126 Å². The third-order valence-corrected chi connectivity index (χ3v) is 32.7. The number of ether oxygens (including phenoxy) is 3. The number of halogens is 12.